The minimum Gasteiger partial charge on any atom is -0.366 e. The van der Waals surface area contributed by atoms with Gasteiger partial charge in [0.15, 0.2) is 0 Å². The number of nitrogens with zero attached hydrogens (tertiary/aromatic N) is 3. The van der Waals surface area contributed by atoms with Crippen molar-refractivity contribution in [1.29, 1.82) is 5.53 Å². The van der Waals surface area contributed by atoms with E-state index >= 15 is 0 Å². The number of nitrogens with one attached hydrogen (secondary N) is 1. The quantitative estimate of drug-likeness (QED) is 0.150. The van der Waals surface area contributed by atoms with Gasteiger partial charge < -0.3 is 10.6 Å². The van der Waals surface area contributed by atoms with Gasteiger partial charge in [0, 0.05) is 11.3 Å². The van der Waals surface area contributed by atoms with E-state index in [1.54, 1.807) is 12.1 Å². The van der Waals surface area contributed by atoms with E-state index in [0.29, 0.717) is 18.0 Å². The maximum Gasteiger partial charge on any atom is 0.280 e. The van der Waals surface area contributed by atoms with Crippen LogP contribution in [0.3, 0.4) is 0 Å². The summed E-state index contributed by atoms with van der Waals surface area (Å²) in [5, 5.41) is 5.22. The summed E-state index contributed by atoms with van der Waals surface area (Å²) in [6.45, 7) is 0.358. The third-order valence-electron chi connectivity index (χ3n) is 7.62. The Bertz CT molecular complexity index is 1540. The van der Waals surface area contributed by atoms with Gasteiger partial charge in [0.2, 0.25) is 11.9 Å². The van der Waals surface area contributed by atoms with Gasteiger partial charge in [-0.1, -0.05) is 86.0 Å². The van der Waals surface area contributed by atoms with Gasteiger partial charge in [-0.15, -0.1) is 5.11 Å². The van der Waals surface area contributed by atoms with Crippen molar-refractivity contribution < 1.29 is 9.59 Å². The second-order valence-corrected chi connectivity index (χ2v) is 10.3. The lowest BCUT2D eigenvalue weighted by atomic mass is 9.84. The molecule has 0 aliphatic heterocycles. The Morgan fingerprint density at radius 1 is 0.825 bits per heavy atom. The van der Waals surface area contributed by atoms with E-state index in [4.69, 9.17) is 11.3 Å². The van der Waals surface area contributed by atoms with Crippen molar-refractivity contribution in [1.82, 2.24) is 0 Å². The average Bonchev–Trinajstić information content (AvgIpc) is 3.00. The smallest absolute Gasteiger partial charge is 0.280 e. The number of anilines is 1. The van der Waals surface area contributed by atoms with Crippen LogP contribution in [0.5, 0.6) is 0 Å². The first-order valence-electron chi connectivity index (χ1n) is 13.7. The number of rotatable bonds is 7. The van der Waals surface area contributed by atoms with Gasteiger partial charge in [0.05, 0.1) is 13.0 Å². The molecule has 0 heterocycles. The molecule has 1 aliphatic rings. The largest absolute Gasteiger partial charge is 0.366 e. The monoisotopic (exact) mass is 531 g/mol. The summed E-state index contributed by atoms with van der Waals surface area (Å²) in [5.41, 5.74) is 16.6. The molecule has 1 saturated carbocycles. The zero-order valence-corrected chi connectivity index (χ0v) is 22.4. The maximum absolute atomic E-state index is 13.8. The van der Waals surface area contributed by atoms with Crippen LogP contribution in [0.25, 0.3) is 10.8 Å². The number of carbonyl (C=O) groups excluding carboxylic acids is 2. The molecule has 0 saturated heterocycles. The molecule has 7 heteroatoms. The number of hydrogen-bond donors (Lipinski definition) is 2. The van der Waals surface area contributed by atoms with Crippen molar-refractivity contribution in [3.63, 3.8) is 0 Å². The fourth-order valence-corrected chi connectivity index (χ4v) is 5.43. The highest BCUT2D eigenvalue weighted by Crippen LogP contribution is 2.33. The lowest BCUT2D eigenvalue weighted by molar-refractivity contribution is -0.118. The minimum atomic E-state index is -0.567. The van der Waals surface area contributed by atoms with E-state index in [2.05, 4.69) is 58.6 Å². The first-order valence-corrected chi connectivity index (χ1v) is 13.7. The second-order valence-electron chi connectivity index (χ2n) is 10.3. The summed E-state index contributed by atoms with van der Waals surface area (Å²) in [4.78, 5) is 31.4. The van der Waals surface area contributed by atoms with Crippen molar-refractivity contribution in [3.8, 4) is 0 Å². The van der Waals surface area contributed by atoms with Gasteiger partial charge in [-0.05, 0) is 70.5 Å². The van der Waals surface area contributed by atoms with Crippen LogP contribution in [0.15, 0.2) is 101 Å². The lowest BCUT2D eigenvalue weighted by Crippen LogP contribution is -2.31. The molecule has 2 amide bonds. The Balaban J connectivity index is 1.39. The lowest BCUT2D eigenvalue weighted by Gasteiger charge is -2.26. The number of fused-ring (bicyclic) bond motifs is 1. The van der Waals surface area contributed by atoms with Crippen molar-refractivity contribution in [2.24, 2.45) is 15.8 Å². The number of hydrogen-bond acceptors (Lipinski definition) is 3. The fourth-order valence-electron chi connectivity index (χ4n) is 5.43. The summed E-state index contributed by atoms with van der Waals surface area (Å²) in [7, 11) is 0. The van der Waals surface area contributed by atoms with Gasteiger partial charge >= 0.3 is 0 Å². The molecule has 3 N–H and O–H groups in total. The summed E-state index contributed by atoms with van der Waals surface area (Å²) in [5.74, 6) is -0.372. The Morgan fingerprint density at radius 3 is 2.20 bits per heavy atom. The topological polar surface area (TPSA) is 112 Å². The van der Waals surface area contributed by atoms with Crippen LogP contribution in [0.2, 0.25) is 0 Å². The molecule has 7 nitrogen and oxygen atoms in total. The minimum absolute atomic E-state index is 0.00437. The molecule has 202 valence electrons. The van der Waals surface area contributed by atoms with Crippen LogP contribution in [0.1, 0.15) is 65.1 Å². The van der Waals surface area contributed by atoms with E-state index in [1.807, 2.05) is 35.2 Å². The van der Waals surface area contributed by atoms with E-state index in [9.17, 15) is 9.59 Å². The van der Waals surface area contributed by atoms with Crippen LogP contribution in [0, 0.1) is 5.53 Å². The standard InChI is InChI=1S/C33H33N5O2/c34-33(37-35)36-32(40)28-14-10-23(11-15-28)22-38(30-18-16-27(17-19-30)25-6-2-1-3-7-25)31(39)21-24-12-13-26-8-4-5-9-29(26)20-24/h4-5,8-20,25,35H,1-3,6-7,21-22H2,(H2,34,36,40). The van der Waals surface area contributed by atoms with Crippen molar-refractivity contribution >= 4 is 34.2 Å². The van der Waals surface area contributed by atoms with E-state index < -0.39 is 11.9 Å². The van der Waals surface area contributed by atoms with Crippen LogP contribution in [0.4, 0.5) is 5.69 Å². The van der Waals surface area contributed by atoms with Gasteiger partial charge in [-0.3, -0.25) is 9.59 Å². The number of nitrogens with two attached hydrogens (primary N) is 1. The highest BCUT2D eigenvalue weighted by Gasteiger charge is 2.20. The zero-order chi connectivity index (χ0) is 27.9. The molecular formula is C33H33N5O2. The van der Waals surface area contributed by atoms with Crippen LogP contribution < -0.4 is 10.6 Å². The molecule has 0 radical (unpaired) electrons. The van der Waals surface area contributed by atoms with E-state index in [0.717, 1.165) is 27.6 Å². The molecule has 1 aliphatic carbocycles. The number of carbonyl (C=O) groups is 2. The third kappa shape index (κ3) is 6.49. The predicted molar refractivity (Wildman–Crippen MR) is 159 cm³/mol. The molecule has 0 spiro atoms. The summed E-state index contributed by atoms with van der Waals surface area (Å²) >= 11 is 0. The highest BCUT2D eigenvalue weighted by atomic mass is 16.2. The van der Waals surface area contributed by atoms with Crippen molar-refractivity contribution in [2.45, 2.75) is 51.0 Å². The molecule has 4 aromatic rings. The summed E-state index contributed by atoms with van der Waals surface area (Å²) in [6.07, 6.45) is 6.58. The molecular weight excluding hydrogens is 498 g/mol. The molecule has 1 fully saturated rings. The van der Waals surface area contributed by atoms with Gasteiger partial charge in [0.1, 0.15) is 0 Å². The first-order chi connectivity index (χ1) is 19.5. The maximum atomic E-state index is 13.8. The van der Waals surface area contributed by atoms with Crippen molar-refractivity contribution in [3.05, 3.63) is 113 Å². The molecule has 4 aromatic carbocycles. The second kappa shape index (κ2) is 12.5. The SMILES string of the molecule is N=NC(N)=NC(=O)c1ccc(CN(C(=O)Cc2ccc3ccccc3c2)c2ccc(C3CCCCC3)cc2)cc1. The molecule has 5 rings (SSSR count). The van der Waals surface area contributed by atoms with E-state index in [-0.39, 0.29) is 12.3 Å². The molecule has 40 heavy (non-hydrogen) atoms. The zero-order valence-electron chi connectivity index (χ0n) is 22.4. The van der Waals surface area contributed by atoms with Crippen LogP contribution >= 0.6 is 0 Å². The Kier molecular flexibility index (Phi) is 8.40. The van der Waals surface area contributed by atoms with Gasteiger partial charge in [-0.25, -0.2) is 5.53 Å². The fraction of sp³-hybridized carbons (Fsp3) is 0.242. The van der Waals surface area contributed by atoms with Crippen molar-refractivity contribution in [2.75, 3.05) is 4.90 Å². The highest BCUT2D eigenvalue weighted by molar-refractivity contribution is 6.02. The molecule has 0 aromatic heterocycles. The number of aliphatic imine (C=N–C) groups is 1. The first kappa shape index (κ1) is 26.9. The predicted octanol–water partition coefficient (Wildman–Crippen LogP) is 7.15. The Labute approximate surface area is 234 Å². The Hall–Kier alpha value is -4.65. The molecule has 0 bridgehead atoms. The third-order valence-corrected chi connectivity index (χ3v) is 7.62. The van der Waals surface area contributed by atoms with Gasteiger partial charge in [-0.2, -0.15) is 4.99 Å². The molecule has 0 unspecified atom stereocenters. The summed E-state index contributed by atoms with van der Waals surface area (Å²) < 4.78 is 0. The van der Waals surface area contributed by atoms with Crippen LogP contribution in [-0.2, 0) is 17.8 Å². The Morgan fingerprint density at radius 2 is 1.50 bits per heavy atom. The average molecular weight is 532 g/mol. The number of amides is 2. The van der Waals surface area contributed by atoms with Crippen LogP contribution in [-0.4, -0.2) is 17.8 Å². The van der Waals surface area contributed by atoms with Gasteiger partial charge in [0.25, 0.3) is 5.91 Å². The summed E-state index contributed by atoms with van der Waals surface area (Å²) in [6, 6.07) is 29.7. The number of guanidine groups is 1. The normalized spacial score (nSPS) is 14.2. The van der Waals surface area contributed by atoms with E-state index in [1.165, 1.54) is 37.7 Å². The molecule has 0 atom stereocenters. The number of benzene rings is 4.